The van der Waals surface area contributed by atoms with Crippen LogP contribution in [-0.2, 0) is 17.8 Å². The SMILES string of the molecule is Cc1[nH]ncc1CNC(=O)C(N)CCc1ccccc1. The second-order valence-corrected chi connectivity index (χ2v) is 4.87. The van der Waals surface area contributed by atoms with Gasteiger partial charge < -0.3 is 11.1 Å². The molecule has 4 N–H and O–H groups in total. The molecule has 1 amide bonds. The number of carbonyl (C=O) groups is 1. The van der Waals surface area contributed by atoms with Crippen molar-refractivity contribution in [2.75, 3.05) is 0 Å². The number of hydrogen-bond donors (Lipinski definition) is 3. The molecule has 1 unspecified atom stereocenters. The zero-order valence-corrected chi connectivity index (χ0v) is 11.6. The van der Waals surface area contributed by atoms with Crippen LogP contribution in [0.2, 0.25) is 0 Å². The van der Waals surface area contributed by atoms with E-state index >= 15 is 0 Å². The van der Waals surface area contributed by atoms with Crippen molar-refractivity contribution in [2.24, 2.45) is 5.73 Å². The van der Waals surface area contributed by atoms with Gasteiger partial charge in [-0.2, -0.15) is 5.10 Å². The number of benzene rings is 1. The number of carbonyl (C=O) groups excluding carboxylic acids is 1. The Hall–Kier alpha value is -2.14. The van der Waals surface area contributed by atoms with Gasteiger partial charge in [-0.15, -0.1) is 0 Å². The first-order chi connectivity index (χ1) is 9.66. The summed E-state index contributed by atoms with van der Waals surface area (Å²) in [7, 11) is 0. The average Bonchev–Trinajstić information content (AvgIpc) is 2.88. The van der Waals surface area contributed by atoms with Crippen LogP contribution in [0.4, 0.5) is 0 Å². The van der Waals surface area contributed by atoms with Gasteiger partial charge >= 0.3 is 0 Å². The van der Waals surface area contributed by atoms with Crippen LogP contribution >= 0.6 is 0 Å². The quantitative estimate of drug-likeness (QED) is 0.741. The molecule has 0 saturated carbocycles. The molecular formula is C15H20N4O. The van der Waals surface area contributed by atoms with Gasteiger partial charge in [0.1, 0.15) is 0 Å². The van der Waals surface area contributed by atoms with Crippen LogP contribution in [0.5, 0.6) is 0 Å². The van der Waals surface area contributed by atoms with E-state index < -0.39 is 6.04 Å². The molecule has 5 nitrogen and oxygen atoms in total. The van der Waals surface area contributed by atoms with Crippen LogP contribution in [0.15, 0.2) is 36.5 Å². The van der Waals surface area contributed by atoms with Crippen molar-refractivity contribution >= 4 is 5.91 Å². The number of nitrogens with two attached hydrogens (primary N) is 1. The molecule has 1 atom stereocenters. The minimum absolute atomic E-state index is 0.124. The fourth-order valence-corrected chi connectivity index (χ4v) is 1.97. The van der Waals surface area contributed by atoms with Gasteiger partial charge in [0.05, 0.1) is 12.2 Å². The highest BCUT2D eigenvalue weighted by Crippen LogP contribution is 2.05. The summed E-state index contributed by atoms with van der Waals surface area (Å²) in [6.45, 7) is 2.38. The van der Waals surface area contributed by atoms with E-state index in [1.54, 1.807) is 6.20 Å². The molecule has 1 aromatic carbocycles. The number of nitrogens with zero attached hydrogens (tertiary/aromatic N) is 1. The summed E-state index contributed by atoms with van der Waals surface area (Å²) in [4.78, 5) is 11.9. The molecule has 2 aromatic rings. The van der Waals surface area contributed by atoms with Crippen LogP contribution in [0.25, 0.3) is 0 Å². The summed E-state index contributed by atoms with van der Waals surface area (Å²) < 4.78 is 0. The van der Waals surface area contributed by atoms with Gasteiger partial charge in [-0.25, -0.2) is 0 Å². The first kappa shape index (κ1) is 14.3. The van der Waals surface area contributed by atoms with E-state index in [0.29, 0.717) is 13.0 Å². The fraction of sp³-hybridized carbons (Fsp3) is 0.333. The molecule has 0 aliphatic carbocycles. The van der Waals surface area contributed by atoms with Gasteiger partial charge in [0.15, 0.2) is 0 Å². The highest BCUT2D eigenvalue weighted by atomic mass is 16.2. The normalized spacial score (nSPS) is 12.1. The summed E-state index contributed by atoms with van der Waals surface area (Å²) in [5.41, 5.74) is 9.04. The number of amides is 1. The summed E-state index contributed by atoms with van der Waals surface area (Å²) >= 11 is 0. The van der Waals surface area contributed by atoms with Crippen LogP contribution in [0.1, 0.15) is 23.2 Å². The summed E-state index contributed by atoms with van der Waals surface area (Å²) in [5, 5.41) is 9.59. The predicted molar refractivity (Wildman–Crippen MR) is 77.9 cm³/mol. The van der Waals surface area contributed by atoms with Crippen LogP contribution in [0.3, 0.4) is 0 Å². The number of hydrogen-bond acceptors (Lipinski definition) is 3. The van der Waals surface area contributed by atoms with E-state index in [-0.39, 0.29) is 5.91 Å². The summed E-state index contributed by atoms with van der Waals surface area (Å²) in [5.74, 6) is -0.124. The summed E-state index contributed by atoms with van der Waals surface area (Å²) in [6, 6.07) is 9.55. The number of aromatic amines is 1. The highest BCUT2D eigenvalue weighted by molar-refractivity contribution is 5.81. The van der Waals surface area contributed by atoms with E-state index in [2.05, 4.69) is 15.5 Å². The molecule has 0 radical (unpaired) electrons. The van der Waals surface area contributed by atoms with E-state index in [4.69, 9.17) is 5.73 Å². The third kappa shape index (κ3) is 3.93. The van der Waals surface area contributed by atoms with Crippen molar-refractivity contribution in [1.29, 1.82) is 0 Å². The maximum Gasteiger partial charge on any atom is 0.237 e. The van der Waals surface area contributed by atoms with Crippen LogP contribution in [-0.4, -0.2) is 22.1 Å². The molecule has 0 fully saturated rings. The third-order valence-corrected chi connectivity index (χ3v) is 3.31. The van der Waals surface area contributed by atoms with Gasteiger partial charge in [-0.1, -0.05) is 30.3 Å². The van der Waals surface area contributed by atoms with E-state index in [0.717, 1.165) is 17.7 Å². The molecule has 0 bridgehead atoms. The van der Waals surface area contributed by atoms with Gasteiger partial charge in [0, 0.05) is 17.8 Å². The number of nitrogens with one attached hydrogen (secondary N) is 2. The Morgan fingerprint density at radius 3 is 2.80 bits per heavy atom. The number of aromatic nitrogens is 2. The molecular weight excluding hydrogens is 252 g/mol. The Morgan fingerprint density at radius 2 is 2.15 bits per heavy atom. The smallest absolute Gasteiger partial charge is 0.237 e. The Bertz CT molecular complexity index is 550. The van der Waals surface area contributed by atoms with E-state index in [1.165, 1.54) is 5.56 Å². The number of rotatable bonds is 6. The molecule has 1 aromatic heterocycles. The maximum atomic E-state index is 11.9. The topological polar surface area (TPSA) is 83.8 Å². The Kier molecular flexibility index (Phi) is 4.90. The standard InChI is InChI=1S/C15H20N4O/c1-11-13(10-18-19-11)9-17-15(20)14(16)8-7-12-5-3-2-4-6-12/h2-6,10,14H,7-9,16H2,1H3,(H,17,20)(H,18,19). The van der Waals surface area contributed by atoms with E-state index in [1.807, 2.05) is 37.3 Å². The second-order valence-electron chi connectivity index (χ2n) is 4.87. The lowest BCUT2D eigenvalue weighted by atomic mass is 10.1. The van der Waals surface area contributed by atoms with Crippen molar-refractivity contribution in [3.8, 4) is 0 Å². The molecule has 2 rings (SSSR count). The second kappa shape index (κ2) is 6.86. The summed E-state index contributed by atoms with van der Waals surface area (Å²) in [6.07, 6.45) is 3.16. The molecule has 0 saturated heterocycles. The molecule has 20 heavy (non-hydrogen) atoms. The Morgan fingerprint density at radius 1 is 1.40 bits per heavy atom. The lowest BCUT2D eigenvalue weighted by molar-refractivity contribution is -0.122. The first-order valence-corrected chi connectivity index (χ1v) is 6.73. The number of aryl methyl sites for hydroxylation is 2. The zero-order valence-electron chi connectivity index (χ0n) is 11.6. The van der Waals surface area contributed by atoms with Crippen molar-refractivity contribution < 1.29 is 4.79 Å². The third-order valence-electron chi connectivity index (χ3n) is 3.31. The predicted octanol–water partition coefficient (Wildman–Crippen LogP) is 1.29. The van der Waals surface area contributed by atoms with Gasteiger partial charge in [-0.05, 0) is 25.3 Å². The first-order valence-electron chi connectivity index (χ1n) is 6.73. The molecule has 0 aliphatic rings. The largest absolute Gasteiger partial charge is 0.351 e. The van der Waals surface area contributed by atoms with E-state index in [9.17, 15) is 4.79 Å². The van der Waals surface area contributed by atoms with Crippen LogP contribution < -0.4 is 11.1 Å². The van der Waals surface area contributed by atoms with Gasteiger partial charge in [-0.3, -0.25) is 9.89 Å². The molecule has 5 heteroatoms. The lowest BCUT2D eigenvalue weighted by Gasteiger charge is -2.12. The average molecular weight is 272 g/mol. The Labute approximate surface area is 118 Å². The Balaban J connectivity index is 1.76. The van der Waals surface area contributed by atoms with Gasteiger partial charge in [0.2, 0.25) is 5.91 Å². The number of H-pyrrole nitrogens is 1. The van der Waals surface area contributed by atoms with Crippen molar-refractivity contribution in [1.82, 2.24) is 15.5 Å². The molecule has 1 heterocycles. The monoisotopic (exact) mass is 272 g/mol. The zero-order chi connectivity index (χ0) is 14.4. The van der Waals surface area contributed by atoms with Gasteiger partial charge in [0.25, 0.3) is 0 Å². The minimum Gasteiger partial charge on any atom is -0.351 e. The van der Waals surface area contributed by atoms with Crippen molar-refractivity contribution in [3.63, 3.8) is 0 Å². The molecule has 106 valence electrons. The molecule has 0 spiro atoms. The van der Waals surface area contributed by atoms with Crippen molar-refractivity contribution in [3.05, 3.63) is 53.3 Å². The van der Waals surface area contributed by atoms with Crippen molar-refractivity contribution in [2.45, 2.75) is 32.4 Å². The molecule has 0 aliphatic heterocycles. The highest BCUT2D eigenvalue weighted by Gasteiger charge is 2.13. The van der Waals surface area contributed by atoms with Crippen LogP contribution in [0, 0.1) is 6.92 Å². The lowest BCUT2D eigenvalue weighted by Crippen LogP contribution is -2.40. The maximum absolute atomic E-state index is 11.9. The fourth-order valence-electron chi connectivity index (χ4n) is 1.97. The minimum atomic E-state index is -0.484.